The fourth-order valence-electron chi connectivity index (χ4n) is 1.87. The van der Waals surface area contributed by atoms with Crippen molar-refractivity contribution in [2.45, 2.75) is 18.5 Å². The molecule has 11 nitrogen and oxygen atoms in total. The lowest BCUT2D eigenvalue weighted by Gasteiger charge is -2.07. The van der Waals surface area contributed by atoms with Gasteiger partial charge in [-0.25, -0.2) is 4.57 Å². The van der Waals surface area contributed by atoms with Gasteiger partial charge in [0.2, 0.25) is 0 Å². The zero-order valence-corrected chi connectivity index (χ0v) is 14.4. The van der Waals surface area contributed by atoms with Crippen molar-refractivity contribution in [3.63, 3.8) is 0 Å². The first-order valence-corrected chi connectivity index (χ1v) is 8.76. The van der Waals surface area contributed by atoms with Gasteiger partial charge in [0.15, 0.2) is 0 Å². The Morgan fingerprint density at radius 2 is 1.69 bits per heavy atom. The number of para-hydroxylation sites is 1. The summed E-state index contributed by atoms with van der Waals surface area (Å²) in [5.74, 6) is -2.35. The summed E-state index contributed by atoms with van der Waals surface area (Å²) in [6.45, 7) is -0.709. The molecule has 0 amide bonds. The fraction of sp³-hybridized carbons (Fsp3) is 0.286. The van der Waals surface area contributed by atoms with Gasteiger partial charge in [-0.05, 0) is 11.6 Å². The van der Waals surface area contributed by atoms with Crippen LogP contribution in [0.4, 0.5) is 0 Å². The zero-order valence-electron chi connectivity index (χ0n) is 13.5. The number of carbonyl (C=O) groups is 2. The van der Waals surface area contributed by atoms with Gasteiger partial charge in [-0.2, -0.15) is 0 Å². The van der Waals surface area contributed by atoms with E-state index >= 15 is 0 Å². The van der Waals surface area contributed by atoms with E-state index in [9.17, 15) is 14.2 Å². The highest BCUT2D eigenvalue weighted by molar-refractivity contribution is 7.46. The van der Waals surface area contributed by atoms with E-state index in [1.54, 1.807) is 0 Å². The second-order valence-corrected chi connectivity index (χ2v) is 6.48. The number of aromatic amines is 1. The Bertz CT molecular complexity index is 802. The van der Waals surface area contributed by atoms with E-state index in [1.807, 2.05) is 30.5 Å². The number of phosphoric ester groups is 1. The van der Waals surface area contributed by atoms with Crippen LogP contribution in [0.2, 0.25) is 0 Å². The molecule has 0 saturated carbocycles. The summed E-state index contributed by atoms with van der Waals surface area (Å²) in [4.78, 5) is 39.8. The average molecular weight is 389 g/mol. The first-order valence-electron chi connectivity index (χ1n) is 7.23. The maximum absolute atomic E-state index is 10.6. The van der Waals surface area contributed by atoms with Crippen molar-refractivity contribution in [1.82, 2.24) is 4.98 Å². The van der Waals surface area contributed by atoms with Crippen molar-refractivity contribution in [1.29, 1.82) is 0 Å². The van der Waals surface area contributed by atoms with E-state index in [0.717, 1.165) is 16.5 Å². The molecule has 1 aromatic heterocycles. The highest BCUT2D eigenvalue weighted by Gasteiger charge is 2.19. The smallest absolute Gasteiger partial charge is 0.469 e. The van der Waals surface area contributed by atoms with E-state index in [4.69, 9.17) is 31.5 Å². The molecule has 26 heavy (non-hydrogen) atoms. The molecule has 12 heteroatoms. The minimum atomic E-state index is -4.60. The molecule has 2 aromatic rings. The van der Waals surface area contributed by atoms with Crippen LogP contribution in [0.25, 0.3) is 10.9 Å². The predicted molar refractivity (Wildman–Crippen MR) is 91.2 cm³/mol. The van der Waals surface area contributed by atoms with Gasteiger partial charge in [-0.3, -0.25) is 14.1 Å². The number of aliphatic carboxylic acids is 2. The van der Waals surface area contributed by atoms with Gasteiger partial charge in [-0.15, -0.1) is 0 Å². The lowest BCUT2D eigenvalue weighted by molar-refractivity contribution is -0.139. The molecule has 2 atom stereocenters. The first kappa shape index (κ1) is 21.8. The summed E-state index contributed by atoms with van der Waals surface area (Å²) < 4.78 is 13.8. The summed E-state index contributed by atoms with van der Waals surface area (Å²) in [5.41, 5.74) is 12.3. The predicted octanol–water partition coefficient (Wildman–Crippen LogP) is -0.370. The van der Waals surface area contributed by atoms with Crippen LogP contribution < -0.4 is 11.5 Å². The van der Waals surface area contributed by atoms with Gasteiger partial charge in [0, 0.05) is 23.5 Å². The van der Waals surface area contributed by atoms with Crippen LogP contribution in [0.15, 0.2) is 30.5 Å². The molecular weight excluding hydrogens is 369 g/mol. The molecule has 0 radical (unpaired) electrons. The van der Waals surface area contributed by atoms with E-state index in [2.05, 4.69) is 9.51 Å². The number of rotatable bonds is 7. The van der Waals surface area contributed by atoms with Crippen LogP contribution >= 0.6 is 7.82 Å². The van der Waals surface area contributed by atoms with Crippen molar-refractivity contribution < 1.29 is 38.7 Å². The largest absolute Gasteiger partial charge is 0.480 e. The molecule has 0 aliphatic carbocycles. The van der Waals surface area contributed by atoms with Gasteiger partial charge >= 0.3 is 19.8 Å². The Hall–Kier alpha value is -2.27. The molecule has 1 heterocycles. The summed E-state index contributed by atoms with van der Waals surface area (Å²) in [6, 6.07) is 5.50. The molecular formula is C14H20N3O8P. The van der Waals surface area contributed by atoms with Crippen molar-refractivity contribution in [2.24, 2.45) is 11.5 Å². The number of H-pyrrole nitrogens is 1. The number of phosphoric acid groups is 1. The number of hydrogen-bond donors (Lipinski definition) is 7. The molecule has 0 fully saturated rings. The molecule has 0 saturated heterocycles. The van der Waals surface area contributed by atoms with Crippen LogP contribution in [-0.2, 0) is 25.1 Å². The third-order valence-electron chi connectivity index (χ3n) is 3.17. The van der Waals surface area contributed by atoms with Crippen LogP contribution in [-0.4, -0.2) is 55.6 Å². The van der Waals surface area contributed by atoms with Crippen molar-refractivity contribution in [3.8, 4) is 0 Å². The number of nitrogens with one attached hydrogen (secondary N) is 1. The summed E-state index contributed by atoms with van der Waals surface area (Å²) in [5, 5.41) is 17.9. The normalized spacial score (nSPS) is 13.5. The molecule has 2 rings (SSSR count). The third kappa shape index (κ3) is 7.31. The molecule has 0 aliphatic rings. The SMILES string of the molecule is N[C@@H](COP(=O)(O)O)C(=O)O.N[C@@H](Cc1c[nH]c2ccccc12)C(=O)O. The average Bonchev–Trinajstić information content (AvgIpc) is 2.95. The van der Waals surface area contributed by atoms with Crippen molar-refractivity contribution >= 4 is 30.7 Å². The molecule has 0 bridgehead atoms. The van der Waals surface area contributed by atoms with Gasteiger partial charge in [0.05, 0.1) is 6.61 Å². The highest BCUT2D eigenvalue weighted by atomic mass is 31.2. The monoisotopic (exact) mass is 389 g/mol. The van der Waals surface area contributed by atoms with E-state index in [-0.39, 0.29) is 0 Å². The highest BCUT2D eigenvalue weighted by Crippen LogP contribution is 2.35. The van der Waals surface area contributed by atoms with Gasteiger partial charge in [0.1, 0.15) is 12.1 Å². The second-order valence-electron chi connectivity index (χ2n) is 5.24. The quantitative estimate of drug-likeness (QED) is 0.305. The molecule has 9 N–H and O–H groups in total. The maximum Gasteiger partial charge on any atom is 0.469 e. The topological polar surface area (TPSA) is 209 Å². The Kier molecular flexibility index (Phi) is 7.90. The molecule has 0 spiro atoms. The number of fused-ring (bicyclic) bond motifs is 1. The minimum Gasteiger partial charge on any atom is -0.480 e. The number of hydrogen-bond acceptors (Lipinski definition) is 6. The van der Waals surface area contributed by atoms with Crippen LogP contribution in [0.3, 0.4) is 0 Å². The minimum absolute atomic E-state index is 0.347. The lowest BCUT2D eigenvalue weighted by atomic mass is 10.1. The van der Waals surface area contributed by atoms with Crippen molar-refractivity contribution in [3.05, 3.63) is 36.0 Å². The Morgan fingerprint density at radius 3 is 2.23 bits per heavy atom. The number of carboxylic acid groups (broad SMARTS) is 2. The summed E-state index contributed by atoms with van der Waals surface area (Å²) in [7, 11) is -4.60. The molecule has 0 aliphatic heterocycles. The van der Waals surface area contributed by atoms with Crippen LogP contribution in [0.5, 0.6) is 0 Å². The number of aromatic nitrogens is 1. The summed E-state index contributed by atoms with van der Waals surface area (Å²) in [6.07, 6.45) is 2.16. The first-order chi connectivity index (χ1) is 12.0. The van der Waals surface area contributed by atoms with Gasteiger partial charge in [0.25, 0.3) is 0 Å². The van der Waals surface area contributed by atoms with Crippen molar-refractivity contribution in [2.75, 3.05) is 6.61 Å². The van der Waals surface area contributed by atoms with Crippen LogP contribution in [0.1, 0.15) is 5.56 Å². The molecule has 144 valence electrons. The zero-order chi connectivity index (χ0) is 19.9. The second kappa shape index (κ2) is 9.43. The maximum atomic E-state index is 10.6. The third-order valence-corrected chi connectivity index (χ3v) is 3.66. The Morgan fingerprint density at radius 1 is 1.12 bits per heavy atom. The van der Waals surface area contributed by atoms with E-state index in [1.165, 1.54) is 0 Å². The molecule has 0 unspecified atom stereocenters. The summed E-state index contributed by atoms with van der Waals surface area (Å²) >= 11 is 0. The number of benzene rings is 1. The van der Waals surface area contributed by atoms with Gasteiger partial charge in [-0.1, -0.05) is 18.2 Å². The Labute approximate surface area is 147 Å². The fourth-order valence-corrected chi connectivity index (χ4v) is 2.23. The van der Waals surface area contributed by atoms with Gasteiger partial charge < -0.3 is 36.5 Å². The number of nitrogens with two attached hydrogens (primary N) is 2. The number of carboxylic acids is 2. The van der Waals surface area contributed by atoms with E-state index < -0.39 is 38.5 Å². The lowest BCUT2D eigenvalue weighted by Crippen LogP contribution is -2.34. The van der Waals surface area contributed by atoms with E-state index in [0.29, 0.717) is 6.42 Å². The van der Waals surface area contributed by atoms with Crippen LogP contribution in [0, 0.1) is 0 Å². The Balaban J connectivity index is 0.000000276. The standard InChI is InChI=1S/C11H12N2O2.C3H8NO6P/c12-9(11(14)15)5-7-6-13-10-4-2-1-3-8(7)10;4-2(3(5)6)1-10-11(7,8)9/h1-4,6,9,13H,5,12H2,(H,14,15);2H,1,4H2,(H,5,6)(H2,7,8,9)/t9-;2-/m00/s1. The molecule has 1 aromatic carbocycles.